The van der Waals surface area contributed by atoms with Gasteiger partial charge in [-0.15, -0.1) is 0 Å². The zero-order valence-corrected chi connectivity index (χ0v) is 12.3. The largest absolute Gasteiger partial charge is 0.478 e. The molecule has 1 atom stereocenters. The standard InChI is InChI=1S/C14H13ClO4S/c1-9-13(14(16)17)6-12(19-9)8-20(18)7-10-2-4-11(15)5-3-10/h2-6H,7-8H2,1H3,(H,16,17). The van der Waals surface area contributed by atoms with Gasteiger partial charge < -0.3 is 9.52 Å². The third-order valence-corrected chi connectivity index (χ3v) is 4.26. The molecule has 2 rings (SSSR count). The summed E-state index contributed by atoms with van der Waals surface area (Å²) in [5.74, 6) is 0.278. The quantitative estimate of drug-likeness (QED) is 0.919. The van der Waals surface area contributed by atoms with Crippen molar-refractivity contribution in [1.29, 1.82) is 0 Å². The molecule has 4 nitrogen and oxygen atoms in total. The van der Waals surface area contributed by atoms with Gasteiger partial charge in [0, 0.05) is 21.6 Å². The molecule has 6 heteroatoms. The first-order chi connectivity index (χ1) is 9.45. The Bertz CT molecular complexity index is 646. The van der Waals surface area contributed by atoms with Gasteiger partial charge in [0.25, 0.3) is 0 Å². The molecule has 0 aliphatic heterocycles. The van der Waals surface area contributed by atoms with Crippen LogP contribution in [0.1, 0.15) is 27.4 Å². The SMILES string of the molecule is Cc1oc(CS(=O)Cc2ccc(Cl)cc2)cc1C(=O)O. The molecule has 1 aromatic heterocycles. The molecule has 1 unspecified atom stereocenters. The Morgan fingerprint density at radius 2 is 1.95 bits per heavy atom. The van der Waals surface area contributed by atoms with Crippen LogP contribution >= 0.6 is 11.6 Å². The number of furan rings is 1. The minimum Gasteiger partial charge on any atom is -0.478 e. The van der Waals surface area contributed by atoms with Crippen LogP contribution in [0.2, 0.25) is 5.02 Å². The van der Waals surface area contributed by atoms with Crippen molar-refractivity contribution >= 4 is 28.4 Å². The van der Waals surface area contributed by atoms with Gasteiger partial charge in [-0.2, -0.15) is 0 Å². The van der Waals surface area contributed by atoms with Gasteiger partial charge >= 0.3 is 5.97 Å². The molecule has 0 spiro atoms. The highest BCUT2D eigenvalue weighted by molar-refractivity contribution is 7.83. The van der Waals surface area contributed by atoms with E-state index >= 15 is 0 Å². The van der Waals surface area contributed by atoms with Crippen LogP contribution in [0.15, 0.2) is 34.7 Å². The zero-order valence-electron chi connectivity index (χ0n) is 10.8. The molecule has 0 fully saturated rings. The van der Waals surface area contributed by atoms with Crippen LogP contribution in [0.4, 0.5) is 0 Å². The van der Waals surface area contributed by atoms with Crippen LogP contribution in [0, 0.1) is 6.92 Å². The lowest BCUT2D eigenvalue weighted by Gasteiger charge is -2.01. The molecule has 1 N–H and O–H groups in total. The lowest BCUT2D eigenvalue weighted by Crippen LogP contribution is -1.99. The van der Waals surface area contributed by atoms with Crippen molar-refractivity contribution < 1.29 is 18.5 Å². The molecule has 20 heavy (non-hydrogen) atoms. The molecule has 1 heterocycles. The first-order valence-electron chi connectivity index (χ1n) is 5.87. The number of benzene rings is 1. The summed E-state index contributed by atoms with van der Waals surface area (Å²) in [4.78, 5) is 10.9. The predicted octanol–water partition coefficient (Wildman–Crippen LogP) is 3.39. The number of carbonyl (C=O) groups is 1. The number of aromatic carboxylic acids is 1. The average molecular weight is 313 g/mol. The number of aryl methyl sites for hydroxylation is 1. The first-order valence-corrected chi connectivity index (χ1v) is 7.74. The maximum absolute atomic E-state index is 12.0. The van der Waals surface area contributed by atoms with E-state index in [0.29, 0.717) is 22.3 Å². The third-order valence-electron chi connectivity index (χ3n) is 2.74. The highest BCUT2D eigenvalue weighted by Crippen LogP contribution is 2.18. The number of carboxylic acids is 1. The highest BCUT2D eigenvalue weighted by atomic mass is 35.5. The molecule has 0 radical (unpaired) electrons. The van der Waals surface area contributed by atoms with Crippen LogP contribution < -0.4 is 0 Å². The summed E-state index contributed by atoms with van der Waals surface area (Å²) in [5, 5.41) is 9.56. The van der Waals surface area contributed by atoms with Crippen LogP contribution in [-0.4, -0.2) is 15.3 Å². The van der Waals surface area contributed by atoms with E-state index in [2.05, 4.69) is 0 Å². The first kappa shape index (κ1) is 14.8. The number of rotatable bonds is 5. The topological polar surface area (TPSA) is 67.5 Å². The molecule has 0 bridgehead atoms. The predicted molar refractivity (Wildman–Crippen MR) is 77.4 cm³/mol. The zero-order chi connectivity index (χ0) is 14.7. The molecule has 106 valence electrons. The van der Waals surface area contributed by atoms with Crippen molar-refractivity contribution in [2.45, 2.75) is 18.4 Å². The molecule has 0 aliphatic rings. The Kier molecular flexibility index (Phi) is 4.62. The fraction of sp³-hybridized carbons (Fsp3) is 0.214. The second-order valence-electron chi connectivity index (χ2n) is 4.34. The van der Waals surface area contributed by atoms with Crippen molar-refractivity contribution in [2.24, 2.45) is 0 Å². The second kappa shape index (κ2) is 6.24. The fourth-order valence-corrected chi connectivity index (χ4v) is 3.06. The van der Waals surface area contributed by atoms with Crippen molar-refractivity contribution in [3.05, 3.63) is 58.0 Å². The van der Waals surface area contributed by atoms with E-state index in [1.54, 1.807) is 19.1 Å². The van der Waals surface area contributed by atoms with Crippen molar-refractivity contribution in [3.63, 3.8) is 0 Å². The molecular weight excluding hydrogens is 300 g/mol. The Morgan fingerprint density at radius 1 is 1.30 bits per heavy atom. The number of halogens is 1. The normalized spacial score (nSPS) is 12.3. The van der Waals surface area contributed by atoms with Crippen LogP contribution in [0.5, 0.6) is 0 Å². The molecule has 1 aromatic carbocycles. The van der Waals surface area contributed by atoms with Gasteiger partial charge in [-0.3, -0.25) is 4.21 Å². The Balaban J connectivity index is 2.03. The van der Waals surface area contributed by atoms with Crippen LogP contribution in [0.3, 0.4) is 0 Å². The van der Waals surface area contributed by atoms with E-state index in [0.717, 1.165) is 5.56 Å². The number of hydrogen-bond donors (Lipinski definition) is 1. The van der Waals surface area contributed by atoms with E-state index in [1.165, 1.54) is 6.07 Å². The lowest BCUT2D eigenvalue weighted by atomic mass is 10.2. The Morgan fingerprint density at radius 3 is 2.50 bits per heavy atom. The number of hydrogen-bond acceptors (Lipinski definition) is 3. The molecule has 0 saturated heterocycles. The summed E-state index contributed by atoms with van der Waals surface area (Å²) in [7, 11) is -1.17. The summed E-state index contributed by atoms with van der Waals surface area (Å²) in [6, 6.07) is 8.55. The van der Waals surface area contributed by atoms with Gasteiger partial charge in [0.05, 0.1) is 5.75 Å². The summed E-state index contributed by atoms with van der Waals surface area (Å²) in [6.07, 6.45) is 0. The molecule has 0 saturated carbocycles. The van der Waals surface area contributed by atoms with Crippen LogP contribution in [0.25, 0.3) is 0 Å². The monoisotopic (exact) mass is 312 g/mol. The average Bonchev–Trinajstić information content (AvgIpc) is 2.73. The van der Waals surface area contributed by atoms with E-state index < -0.39 is 16.8 Å². The molecule has 2 aromatic rings. The van der Waals surface area contributed by atoms with Crippen molar-refractivity contribution in [3.8, 4) is 0 Å². The van der Waals surface area contributed by atoms with Gasteiger partial charge in [-0.1, -0.05) is 23.7 Å². The second-order valence-corrected chi connectivity index (χ2v) is 6.24. The molecule has 0 amide bonds. The summed E-state index contributed by atoms with van der Waals surface area (Å²) < 4.78 is 17.3. The van der Waals surface area contributed by atoms with Gasteiger partial charge in [-0.25, -0.2) is 4.79 Å². The fourth-order valence-electron chi connectivity index (χ4n) is 1.80. The van der Waals surface area contributed by atoms with E-state index in [4.69, 9.17) is 21.1 Å². The lowest BCUT2D eigenvalue weighted by molar-refractivity contribution is 0.0695. The van der Waals surface area contributed by atoms with Gasteiger partial charge in [-0.05, 0) is 30.7 Å². The van der Waals surface area contributed by atoms with Gasteiger partial charge in [0.15, 0.2) is 0 Å². The van der Waals surface area contributed by atoms with Crippen molar-refractivity contribution in [2.75, 3.05) is 0 Å². The Labute approximate surface area is 123 Å². The van der Waals surface area contributed by atoms with Crippen molar-refractivity contribution in [1.82, 2.24) is 0 Å². The van der Waals surface area contributed by atoms with E-state index in [-0.39, 0.29) is 11.3 Å². The van der Waals surface area contributed by atoms with Crippen LogP contribution in [-0.2, 0) is 22.3 Å². The summed E-state index contributed by atoms with van der Waals surface area (Å²) in [6.45, 7) is 1.58. The molecule has 0 aliphatic carbocycles. The minimum absolute atomic E-state index is 0.114. The maximum Gasteiger partial charge on any atom is 0.339 e. The smallest absolute Gasteiger partial charge is 0.339 e. The summed E-state index contributed by atoms with van der Waals surface area (Å²) in [5.41, 5.74) is 1.03. The Hall–Kier alpha value is -1.59. The third kappa shape index (κ3) is 3.71. The summed E-state index contributed by atoms with van der Waals surface area (Å²) >= 11 is 5.78. The van der Waals surface area contributed by atoms with E-state index in [1.807, 2.05) is 12.1 Å². The maximum atomic E-state index is 12.0. The van der Waals surface area contributed by atoms with Gasteiger partial charge in [0.1, 0.15) is 17.1 Å². The molecular formula is C14H13ClO4S. The minimum atomic E-state index is -1.17. The van der Waals surface area contributed by atoms with E-state index in [9.17, 15) is 9.00 Å². The highest BCUT2D eigenvalue weighted by Gasteiger charge is 2.15. The number of carboxylic acid groups (broad SMARTS) is 1. The van der Waals surface area contributed by atoms with Gasteiger partial charge in [0.2, 0.25) is 0 Å².